The van der Waals surface area contributed by atoms with Crippen molar-refractivity contribution < 1.29 is 19.1 Å². The maximum absolute atomic E-state index is 13.1. The van der Waals surface area contributed by atoms with Gasteiger partial charge in [0.15, 0.2) is 6.61 Å². The fourth-order valence-electron chi connectivity index (χ4n) is 3.08. The second-order valence-corrected chi connectivity index (χ2v) is 7.15. The summed E-state index contributed by atoms with van der Waals surface area (Å²) in [5.41, 5.74) is 1.68. The number of nitriles is 1. The lowest BCUT2D eigenvalue weighted by Gasteiger charge is -2.23. The molecule has 0 aliphatic rings. The van der Waals surface area contributed by atoms with Gasteiger partial charge in [-0.25, -0.2) is 4.79 Å². The van der Waals surface area contributed by atoms with Crippen LogP contribution in [0.3, 0.4) is 0 Å². The molecule has 2 N–H and O–H groups in total. The molecule has 0 radical (unpaired) electrons. The molecule has 0 saturated heterocycles. The van der Waals surface area contributed by atoms with Crippen LogP contribution in [0, 0.1) is 11.3 Å². The number of hydrogen-bond acceptors (Lipinski definition) is 5. The molecule has 32 heavy (non-hydrogen) atoms. The van der Waals surface area contributed by atoms with Crippen molar-refractivity contribution >= 4 is 17.8 Å². The summed E-state index contributed by atoms with van der Waals surface area (Å²) in [4.78, 5) is 37.9. The molecule has 0 fully saturated rings. The van der Waals surface area contributed by atoms with Crippen LogP contribution in [0.1, 0.15) is 24.0 Å². The van der Waals surface area contributed by atoms with Crippen molar-refractivity contribution in [3.8, 4) is 6.07 Å². The summed E-state index contributed by atoms with van der Waals surface area (Å²) in [5.74, 6) is -1.50. The van der Waals surface area contributed by atoms with Crippen LogP contribution in [0.4, 0.5) is 0 Å². The van der Waals surface area contributed by atoms with E-state index in [1.54, 1.807) is 12.1 Å². The molecule has 7 nitrogen and oxygen atoms in total. The molecule has 7 heteroatoms. The number of nitrogens with one attached hydrogen (secondary N) is 2. The molecule has 0 heterocycles. The third kappa shape index (κ3) is 8.44. The van der Waals surface area contributed by atoms with Gasteiger partial charge in [-0.05, 0) is 17.5 Å². The molecule has 2 aromatic carbocycles. The van der Waals surface area contributed by atoms with Crippen LogP contribution < -0.4 is 10.6 Å². The lowest BCUT2D eigenvalue weighted by atomic mass is 10.0. The summed E-state index contributed by atoms with van der Waals surface area (Å²) >= 11 is 0. The van der Waals surface area contributed by atoms with Gasteiger partial charge in [-0.1, -0.05) is 66.7 Å². The average Bonchev–Trinajstić information content (AvgIpc) is 2.81. The van der Waals surface area contributed by atoms with E-state index in [1.807, 2.05) is 60.7 Å². The van der Waals surface area contributed by atoms with Crippen LogP contribution in [-0.4, -0.2) is 36.5 Å². The fraction of sp³-hybridized carbons (Fsp3) is 0.280. The van der Waals surface area contributed by atoms with E-state index in [0.29, 0.717) is 6.42 Å². The largest absolute Gasteiger partial charge is 0.449 e. The number of benzene rings is 2. The summed E-state index contributed by atoms with van der Waals surface area (Å²) in [6.45, 7) is 3.19. The monoisotopic (exact) mass is 433 g/mol. The zero-order chi connectivity index (χ0) is 23.2. The Kier molecular flexibility index (Phi) is 10.2. The number of amides is 2. The van der Waals surface area contributed by atoms with E-state index in [-0.39, 0.29) is 25.2 Å². The van der Waals surface area contributed by atoms with Crippen molar-refractivity contribution in [2.75, 3.05) is 6.61 Å². The second kappa shape index (κ2) is 13.4. The van der Waals surface area contributed by atoms with E-state index >= 15 is 0 Å². The first-order valence-electron chi connectivity index (χ1n) is 10.4. The van der Waals surface area contributed by atoms with Gasteiger partial charge in [0.25, 0.3) is 0 Å². The normalized spacial score (nSPS) is 12.0. The molecule has 2 amide bonds. The molecule has 0 unspecified atom stereocenters. The third-order valence-electron chi connectivity index (χ3n) is 4.67. The Morgan fingerprint density at radius 2 is 1.50 bits per heavy atom. The lowest BCUT2D eigenvalue weighted by Crippen LogP contribution is -2.53. The quantitative estimate of drug-likeness (QED) is 0.395. The zero-order valence-electron chi connectivity index (χ0n) is 17.8. The molecule has 0 aliphatic heterocycles. The number of nitrogens with zero attached hydrogens (tertiary/aromatic N) is 1. The van der Waals surface area contributed by atoms with Crippen LogP contribution in [0.2, 0.25) is 0 Å². The highest BCUT2D eigenvalue weighted by Gasteiger charge is 2.28. The van der Waals surface area contributed by atoms with Gasteiger partial charge in [0.2, 0.25) is 11.8 Å². The van der Waals surface area contributed by atoms with E-state index < -0.39 is 30.6 Å². The molecule has 2 atom stereocenters. The van der Waals surface area contributed by atoms with Crippen molar-refractivity contribution in [3.05, 3.63) is 84.4 Å². The van der Waals surface area contributed by atoms with Gasteiger partial charge < -0.3 is 15.4 Å². The Morgan fingerprint density at radius 1 is 0.938 bits per heavy atom. The number of ether oxygens (including phenoxy) is 1. The Balaban J connectivity index is 2.18. The third-order valence-corrected chi connectivity index (χ3v) is 4.67. The Bertz CT molecular complexity index is 939. The van der Waals surface area contributed by atoms with Gasteiger partial charge in [-0.15, -0.1) is 6.58 Å². The van der Waals surface area contributed by atoms with Crippen molar-refractivity contribution in [3.63, 3.8) is 0 Å². The number of carbonyl (C=O) groups excluding carboxylic acids is 3. The fourth-order valence-corrected chi connectivity index (χ4v) is 3.08. The summed E-state index contributed by atoms with van der Waals surface area (Å²) < 4.78 is 4.95. The van der Waals surface area contributed by atoms with Crippen LogP contribution in [0.15, 0.2) is 73.3 Å². The minimum absolute atomic E-state index is 0.194. The van der Waals surface area contributed by atoms with Gasteiger partial charge >= 0.3 is 5.97 Å². The number of rotatable bonds is 12. The highest BCUT2D eigenvalue weighted by atomic mass is 16.5. The first-order chi connectivity index (χ1) is 15.5. The number of carbonyl (C=O) groups is 3. The second-order valence-electron chi connectivity index (χ2n) is 7.15. The molecule has 0 spiro atoms. The number of esters is 1. The molecule has 0 aromatic heterocycles. The van der Waals surface area contributed by atoms with E-state index in [1.165, 1.54) is 0 Å². The highest BCUT2D eigenvalue weighted by Crippen LogP contribution is 2.08. The highest BCUT2D eigenvalue weighted by molar-refractivity contribution is 5.91. The minimum atomic E-state index is -0.999. The standard InChI is InChI=1S/C25H27N3O4/c1-2-3-14-23(29)27-21(17-19-10-6-4-7-11-19)24(30)28-22(25(31)32-16-15-26)18-20-12-8-5-9-13-20/h2,4-13,21-22H,1,3,14,16-18H2,(H,27,29)(H,28,30)/t21-,22-/m0/s1. The van der Waals surface area contributed by atoms with Crippen molar-refractivity contribution in [1.29, 1.82) is 5.26 Å². The first-order valence-corrected chi connectivity index (χ1v) is 10.4. The molecular formula is C25H27N3O4. The SMILES string of the molecule is C=CCCC(=O)N[C@@H](Cc1ccccc1)C(=O)N[C@@H](Cc1ccccc1)C(=O)OCC#N. The zero-order valence-corrected chi connectivity index (χ0v) is 17.8. The molecule has 0 saturated carbocycles. The summed E-state index contributed by atoms with van der Waals surface area (Å²) in [6, 6.07) is 18.3. The predicted octanol–water partition coefficient (Wildman–Crippen LogP) is 2.47. The van der Waals surface area contributed by atoms with E-state index in [0.717, 1.165) is 11.1 Å². The van der Waals surface area contributed by atoms with Crippen molar-refractivity contribution in [2.45, 2.75) is 37.8 Å². The first kappa shape index (κ1) is 24.4. The van der Waals surface area contributed by atoms with Crippen LogP contribution in [-0.2, 0) is 32.0 Å². The lowest BCUT2D eigenvalue weighted by molar-refractivity contribution is -0.146. The van der Waals surface area contributed by atoms with Crippen molar-refractivity contribution in [2.24, 2.45) is 0 Å². The topological polar surface area (TPSA) is 108 Å². The number of hydrogen-bond donors (Lipinski definition) is 2. The van der Waals surface area contributed by atoms with E-state index in [9.17, 15) is 14.4 Å². The summed E-state index contributed by atoms with van der Waals surface area (Å²) in [7, 11) is 0. The molecule has 166 valence electrons. The molecule has 0 bridgehead atoms. The van der Waals surface area contributed by atoms with E-state index in [4.69, 9.17) is 10.00 Å². The smallest absolute Gasteiger partial charge is 0.330 e. The average molecular weight is 434 g/mol. The maximum atomic E-state index is 13.1. The van der Waals surface area contributed by atoms with Crippen LogP contribution in [0.25, 0.3) is 0 Å². The Morgan fingerprint density at radius 3 is 2.03 bits per heavy atom. The maximum Gasteiger partial charge on any atom is 0.330 e. The van der Waals surface area contributed by atoms with E-state index in [2.05, 4.69) is 17.2 Å². The van der Waals surface area contributed by atoms with Gasteiger partial charge in [0.1, 0.15) is 18.2 Å². The van der Waals surface area contributed by atoms with Crippen LogP contribution >= 0.6 is 0 Å². The van der Waals surface area contributed by atoms with Gasteiger partial charge in [0.05, 0.1) is 0 Å². The van der Waals surface area contributed by atoms with Crippen molar-refractivity contribution in [1.82, 2.24) is 10.6 Å². The Labute approximate surface area is 188 Å². The van der Waals surface area contributed by atoms with Crippen LogP contribution in [0.5, 0.6) is 0 Å². The number of allylic oxidation sites excluding steroid dienone is 1. The van der Waals surface area contributed by atoms with Gasteiger partial charge in [-0.2, -0.15) is 5.26 Å². The van der Waals surface area contributed by atoms with Gasteiger partial charge in [-0.3, -0.25) is 9.59 Å². The summed E-state index contributed by atoms with van der Waals surface area (Å²) in [5, 5.41) is 14.2. The van der Waals surface area contributed by atoms with Gasteiger partial charge in [0, 0.05) is 19.3 Å². The summed E-state index contributed by atoms with van der Waals surface area (Å²) in [6.07, 6.45) is 2.78. The minimum Gasteiger partial charge on any atom is -0.449 e. The molecule has 2 aromatic rings. The Hall–Kier alpha value is -3.92. The molecule has 2 rings (SSSR count). The predicted molar refractivity (Wildman–Crippen MR) is 120 cm³/mol. The molecular weight excluding hydrogens is 406 g/mol. The molecule has 0 aliphatic carbocycles.